The molecule has 0 saturated carbocycles. The Morgan fingerprint density at radius 3 is 2.73 bits per heavy atom. The van der Waals surface area contributed by atoms with Crippen LogP contribution in [0.15, 0.2) is 42.0 Å². The Hall–Kier alpha value is -0.600. The van der Waals surface area contributed by atoms with Gasteiger partial charge in [0.25, 0.3) is 0 Å². The molecule has 0 unspecified atom stereocenters. The number of halogens is 1. The monoisotopic (exact) mass is 265 g/mol. The molecule has 2 heteroatoms. The molecule has 0 N–H and O–H groups in total. The first-order valence-corrected chi connectivity index (χ1v) is 6.51. The lowest BCUT2D eigenvalue weighted by Crippen LogP contribution is -2.29. The van der Waals surface area contributed by atoms with Crippen molar-refractivity contribution in [1.29, 1.82) is 0 Å². The Morgan fingerprint density at radius 2 is 2.00 bits per heavy atom. The van der Waals surface area contributed by atoms with E-state index in [0.717, 1.165) is 18.4 Å². The van der Waals surface area contributed by atoms with Crippen molar-refractivity contribution in [3.63, 3.8) is 0 Å². The van der Waals surface area contributed by atoms with Gasteiger partial charge in [-0.2, -0.15) is 0 Å². The van der Waals surface area contributed by atoms with E-state index in [-0.39, 0.29) is 0 Å². The molecule has 1 aliphatic heterocycles. The summed E-state index contributed by atoms with van der Waals surface area (Å²) in [6.07, 6.45) is 3.55. The largest absolute Gasteiger partial charge is 0.295 e. The number of hydrogen-bond acceptors (Lipinski definition) is 1. The fourth-order valence-electron chi connectivity index (χ4n) is 1.96. The average Bonchev–Trinajstić information content (AvgIpc) is 2.31. The van der Waals surface area contributed by atoms with Crippen LogP contribution in [-0.4, -0.2) is 23.3 Å². The van der Waals surface area contributed by atoms with Gasteiger partial charge in [-0.3, -0.25) is 4.90 Å². The summed E-state index contributed by atoms with van der Waals surface area (Å²) in [4.78, 5) is 2.51. The normalized spacial score (nSPS) is 17.5. The van der Waals surface area contributed by atoms with Gasteiger partial charge in [0.2, 0.25) is 0 Å². The lowest BCUT2D eigenvalue weighted by Gasteiger charge is -2.26. The van der Waals surface area contributed by atoms with Crippen LogP contribution in [0.5, 0.6) is 0 Å². The topological polar surface area (TPSA) is 3.24 Å². The van der Waals surface area contributed by atoms with E-state index >= 15 is 0 Å². The minimum atomic E-state index is 1.01. The van der Waals surface area contributed by atoms with E-state index in [1.807, 2.05) is 0 Å². The van der Waals surface area contributed by atoms with Crippen molar-refractivity contribution in [1.82, 2.24) is 4.90 Å². The molecule has 2 rings (SSSR count). The van der Waals surface area contributed by atoms with Gasteiger partial charge in [-0.15, -0.1) is 0 Å². The maximum absolute atomic E-state index is 3.53. The van der Waals surface area contributed by atoms with Crippen LogP contribution in [0.2, 0.25) is 0 Å². The highest BCUT2D eigenvalue weighted by Crippen LogP contribution is 2.14. The quantitative estimate of drug-likeness (QED) is 0.599. The van der Waals surface area contributed by atoms with E-state index in [1.54, 1.807) is 0 Å². The van der Waals surface area contributed by atoms with Crippen molar-refractivity contribution in [2.75, 3.05) is 18.4 Å². The molecule has 0 saturated heterocycles. The van der Waals surface area contributed by atoms with Gasteiger partial charge in [0.1, 0.15) is 0 Å². The summed E-state index contributed by atoms with van der Waals surface area (Å²) in [5, 5.41) is 1.01. The van der Waals surface area contributed by atoms with Crippen LogP contribution in [0.4, 0.5) is 0 Å². The first-order chi connectivity index (χ1) is 7.38. The summed E-state index contributed by atoms with van der Waals surface area (Å²) in [5.41, 5.74) is 2.92. The van der Waals surface area contributed by atoms with Crippen molar-refractivity contribution in [2.24, 2.45) is 0 Å². The summed E-state index contributed by atoms with van der Waals surface area (Å²) in [7, 11) is 0. The fraction of sp³-hybridized carbons (Fsp3) is 0.385. The molecular weight excluding hydrogens is 250 g/mol. The number of hydrogen-bond donors (Lipinski definition) is 0. The predicted octanol–water partition coefficient (Wildman–Crippen LogP) is 3.21. The van der Waals surface area contributed by atoms with Gasteiger partial charge in [0.15, 0.2) is 0 Å². The summed E-state index contributed by atoms with van der Waals surface area (Å²) < 4.78 is 0. The molecule has 0 aromatic heterocycles. The summed E-state index contributed by atoms with van der Waals surface area (Å²) in [6.45, 7) is 3.37. The summed E-state index contributed by atoms with van der Waals surface area (Å²) >= 11 is 3.53. The Bertz CT molecular complexity index is 332. The van der Waals surface area contributed by atoms with Crippen LogP contribution in [0.1, 0.15) is 12.0 Å². The summed E-state index contributed by atoms with van der Waals surface area (Å²) in [5.74, 6) is 0. The van der Waals surface area contributed by atoms with Gasteiger partial charge in [0, 0.05) is 25.0 Å². The smallest absolute Gasteiger partial charge is 0.0254 e. The molecule has 0 amide bonds. The molecule has 0 bridgehead atoms. The van der Waals surface area contributed by atoms with Gasteiger partial charge < -0.3 is 0 Å². The third-order valence-corrected chi connectivity index (χ3v) is 3.45. The van der Waals surface area contributed by atoms with E-state index < -0.39 is 0 Å². The Kier molecular flexibility index (Phi) is 3.98. The van der Waals surface area contributed by atoms with E-state index in [0.29, 0.717) is 0 Å². The van der Waals surface area contributed by atoms with Crippen molar-refractivity contribution < 1.29 is 0 Å². The second kappa shape index (κ2) is 5.47. The molecule has 0 radical (unpaired) electrons. The number of benzene rings is 1. The van der Waals surface area contributed by atoms with Gasteiger partial charge in [-0.25, -0.2) is 0 Å². The van der Waals surface area contributed by atoms with Crippen molar-refractivity contribution in [3.05, 3.63) is 47.5 Å². The zero-order valence-corrected chi connectivity index (χ0v) is 10.4. The number of nitrogens with zero attached hydrogens (tertiary/aromatic N) is 1. The zero-order chi connectivity index (χ0) is 10.5. The highest BCUT2D eigenvalue weighted by molar-refractivity contribution is 9.09. The lowest BCUT2D eigenvalue weighted by molar-refractivity contribution is 0.283. The maximum Gasteiger partial charge on any atom is 0.0254 e. The maximum atomic E-state index is 3.53. The van der Waals surface area contributed by atoms with Crippen molar-refractivity contribution in [2.45, 2.75) is 13.0 Å². The Labute approximate surface area is 99.9 Å². The average molecular weight is 266 g/mol. The first kappa shape index (κ1) is 10.9. The predicted molar refractivity (Wildman–Crippen MR) is 68.2 cm³/mol. The zero-order valence-electron chi connectivity index (χ0n) is 8.82. The number of rotatable bonds is 3. The molecule has 0 aliphatic carbocycles. The molecule has 1 aromatic rings. The van der Waals surface area contributed by atoms with Crippen LogP contribution >= 0.6 is 15.9 Å². The van der Waals surface area contributed by atoms with Gasteiger partial charge in [0.05, 0.1) is 0 Å². The molecule has 0 atom stereocenters. The second-order valence-corrected chi connectivity index (χ2v) is 4.54. The highest BCUT2D eigenvalue weighted by atomic mass is 79.9. The number of alkyl halides is 1. The molecule has 15 heavy (non-hydrogen) atoms. The molecule has 1 heterocycles. The lowest BCUT2D eigenvalue weighted by atomic mass is 10.1. The second-order valence-electron chi connectivity index (χ2n) is 3.98. The van der Waals surface area contributed by atoms with E-state index in [1.165, 1.54) is 24.1 Å². The van der Waals surface area contributed by atoms with Crippen LogP contribution in [0.25, 0.3) is 0 Å². The van der Waals surface area contributed by atoms with Crippen molar-refractivity contribution >= 4 is 15.9 Å². The van der Waals surface area contributed by atoms with Crippen molar-refractivity contribution in [3.8, 4) is 0 Å². The fourth-order valence-corrected chi connectivity index (χ4v) is 2.36. The molecule has 1 aromatic carbocycles. The van der Waals surface area contributed by atoms with E-state index in [4.69, 9.17) is 0 Å². The molecule has 0 fully saturated rings. The van der Waals surface area contributed by atoms with E-state index in [9.17, 15) is 0 Å². The molecule has 1 aliphatic rings. The van der Waals surface area contributed by atoms with Gasteiger partial charge in [-0.05, 0) is 17.6 Å². The highest BCUT2D eigenvalue weighted by Gasteiger charge is 2.11. The van der Waals surface area contributed by atoms with Crippen LogP contribution in [0.3, 0.4) is 0 Å². The molecule has 80 valence electrons. The molecule has 1 nitrogen and oxygen atoms in total. The van der Waals surface area contributed by atoms with Gasteiger partial charge >= 0.3 is 0 Å². The van der Waals surface area contributed by atoms with Gasteiger partial charge in [-0.1, -0.05) is 52.3 Å². The standard InChI is InChI=1S/C13H16BrN/c14-9-13-7-4-8-15(11-13)10-12-5-2-1-3-6-12/h1-3,5-7H,4,8-11H2. The minimum Gasteiger partial charge on any atom is -0.295 e. The third-order valence-electron chi connectivity index (χ3n) is 2.73. The van der Waals surface area contributed by atoms with E-state index in [2.05, 4.69) is 57.2 Å². The SMILES string of the molecule is BrCC1=CCCN(Cc2ccccc2)C1. The van der Waals surface area contributed by atoms with Crippen LogP contribution in [0, 0.1) is 0 Å². The first-order valence-electron chi connectivity index (χ1n) is 5.38. The summed E-state index contributed by atoms with van der Waals surface area (Å²) in [6, 6.07) is 10.7. The molecule has 0 spiro atoms. The Balaban J connectivity index is 1.94. The molecular formula is C13H16BrN. The van der Waals surface area contributed by atoms with Crippen LogP contribution < -0.4 is 0 Å². The minimum absolute atomic E-state index is 1.01. The Morgan fingerprint density at radius 1 is 1.20 bits per heavy atom. The van der Waals surface area contributed by atoms with Crippen LogP contribution in [-0.2, 0) is 6.54 Å². The third kappa shape index (κ3) is 3.18.